The van der Waals surface area contributed by atoms with E-state index in [4.69, 9.17) is 5.73 Å². The molecule has 0 bridgehead atoms. The van der Waals surface area contributed by atoms with Gasteiger partial charge in [-0.15, -0.1) is 0 Å². The number of nitrogens with zero attached hydrogens (tertiary/aromatic N) is 4. The van der Waals surface area contributed by atoms with Crippen LogP contribution in [-0.4, -0.2) is 51.0 Å². The van der Waals surface area contributed by atoms with Gasteiger partial charge in [-0.3, -0.25) is 9.59 Å². The Morgan fingerprint density at radius 1 is 1.12 bits per heavy atom. The zero-order chi connectivity index (χ0) is 31.5. The number of hydrogen-bond acceptors (Lipinski definition) is 8. The second kappa shape index (κ2) is 12.4. The minimum Gasteiger partial charge on any atom is -0.383 e. The van der Waals surface area contributed by atoms with E-state index in [-0.39, 0.29) is 34.3 Å². The highest BCUT2D eigenvalue weighted by Crippen LogP contribution is 2.35. The van der Waals surface area contributed by atoms with Gasteiger partial charge >= 0.3 is 12.4 Å². The molecule has 2 unspecified atom stereocenters. The Morgan fingerprint density at radius 2 is 1.86 bits per heavy atom. The van der Waals surface area contributed by atoms with Crippen molar-refractivity contribution >= 4 is 23.9 Å². The maximum absolute atomic E-state index is 14.8. The molecule has 0 aliphatic heterocycles. The van der Waals surface area contributed by atoms with E-state index >= 15 is 0 Å². The monoisotopic (exact) mass is 613 g/mol. The number of H-pyrrole nitrogens is 1. The Hall–Kier alpha value is -4.50. The van der Waals surface area contributed by atoms with Gasteiger partial charge in [-0.05, 0) is 55.2 Å². The first kappa shape index (κ1) is 31.4. The van der Waals surface area contributed by atoms with Crippen molar-refractivity contribution in [1.82, 2.24) is 25.1 Å². The van der Waals surface area contributed by atoms with Crippen LogP contribution in [0.1, 0.15) is 52.7 Å². The van der Waals surface area contributed by atoms with Crippen LogP contribution in [0.15, 0.2) is 35.5 Å². The summed E-state index contributed by atoms with van der Waals surface area (Å²) in [5, 5.41) is 8.11. The van der Waals surface area contributed by atoms with E-state index < -0.39 is 46.5 Å². The van der Waals surface area contributed by atoms with Crippen LogP contribution in [0, 0.1) is 11.7 Å². The van der Waals surface area contributed by atoms with Crippen LogP contribution in [0.2, 0.25) is 0 Å². The molecular weight excluding hydrogens is 587 g/mol. The fourth-order valence-electron chi connectivity index (χ4n) is 5.04. The van der Waals surface area contributed by atoms with Crippen LogP contribution >= 0.6 is 0 Å². The Morgan fingerprint density at radius 3 is 2.51 bits per heavy atom. The van der Waals surface area contributed by atoms with E-state index in [9.17, 15) is 40.3 Å². The molecule has 1 aliphatic rings. The van der Waals surface area contributed by atoms with Crippen LogP contribution in [0.3, 0.4) is 0 Å². The molecular formula is C27H26F7N7O2. The number of aromatic amines is 1. The van der Waals surface area contributed by atoms with Crippen LogP contribution in [0.25, 0.3) is 17.5 Å². The van der Waals surface area contributed by atoms with Gasteiger partial charge in [-0.1, -0.05) is 6.42 Å². The largest absolute Gasteiger partial charge is 0.423 e. The normalized spacial score (nSPS) is 17.7. The van der Waals surface area contributed by atoms with Crippen molar-refractivity contribution in [1.29, 1.82) is 0 Å². The Balaban J connectivity index is 1.48. The van der Waals surface area contributed by atoms with Gasteiger partial charge in [0.25, 0.3) is 5.56 Å². The number of nitrogens with two attached hydrogens (primary N) is 1. The minimum absolute atomic E-state index is 0.0281. The summed E-state index contributed by atoms with van der Waals surface area (Å²) < 4.78 is 94.0. The lowest BCUT2D eigenvalue weighted by Gasteiger charge is -2.33. The molecule has 0 spiro atoms. The zero-order valence-electron chi connectivity index (χ0n) is 22.6. The van der Waals surface area contributed by atoms with Gasteiger partial charge in [0.15, 0.2) is 12.1 Å². The van der Waals surface area contributed by atoms with E-state index in [1.807, 2.05) is 0 Å². The molecule has 1 aliphatic carbocycles. The van der Waals surface area contributed by atoms with Gasteiger partial charge in [-0.25, -0.2) is 19.5 Å². The molecule has 2 heterocycles. The fourth-order valence-corrected chi connectivity index (χ4v) is 5.04. The molecule has 16 heteroatoms. The average Bonchev–Trinajstić information content (AvgIpc) is 2.91. The van der Waals surface area contributed by atoms with Crippen LogP contribution in [0.5, 0.6) is 0 Å². The number of carbonyl (C=O) groups is 1. The highest BCUT2D eigenvalue weighted by Gasteiger charge is 2.38. The average molecular weight is 614 g/mol. The van der Waals surface area contributed by atoms with Crippen LogP contribution in [-0.2, 0) is 12.4 Å². The third-order valence-electron chi connectivity index (χ3n) is 7.00. The van der Waals surface area contributed by atoms with Gasteiger partial charge in [0.05, 0.1) is 17.4 Å². The molecule has 3 aromatic rings. The van der Waals surface area contributed by atoms with Crippen molar-refractivity contribution in [3.63, 3.8) is 0 Å². The molecule has 2 aromatic heterocycles. The predicted octanol–water partition coefficient (Wildman–Crippen LogP) is 5.37. The molecule has 230 valence electrons. The van der Waals surface area contributed by atoms with Crippen molar-refractivity contribution in [3.8, 4) is 11.4 Å². The van der Waals surface area contributed by atoms with Crippen molar-refractivity contribution in [2.24, 2.45) is 5.92 Å². The first-order valence-corrected chi connectivity index (χ1v) is 13.0. The first-order valence-electron chi connectivity index (χ1n) is 13.0. The van der Waals surface area contributed by atoms with Gasteiger partial charge < -0.3 is 16.0 Å². The van der Waals surface area contributed by atoms with E-state index in [2.05, 4.69) is 20.4 Å². The minimum atomic E-state index is -4.86. The molecule has 0 amide bonds. The SMILES string of the molecule is CN(/C=C\c1cc(-c2ncc(C(F)(F)F)c(N)n2)c(F)cc1C=O)CC1CCCC(Nc2cn[nH]c(=O)c2C(F)(F)F)C1. The first-order chi connectivity index (χ1) is 20.2. The highest BCUT2D eigenvalue weighted by molar-refractivity contribution is 5.84. The molecule has 1 fully saturated rings. The van der Waals surface area contributed by atoms with Crippen molar-refractivity contribution in [2.75, 3.05) is 24.6 Å². The number of halogens is 7. The summed E-state index contributed by atoms with van der Waals surface area (Å²) in [5.41, 5.74) is 1.05. The number of anilines is 2. The second-order valence-electron chi connectivity index (χ2n) is 10.2. The molecule has 4 rings (SSSR count). The standard InChI is InChI=1S/C27H26F7N7O2/c1-41(12-14-3-2-4-17(7-14)38-21-11-37-40-25(43)22(21)27(32,33)34)6-5-15-8-18(20(28)9-16(15)13-42)24-36-10-19(23(35)39-24)26(29,30)31/h5-6,8-11,13-14,17H,2-4,7,12H2,1H3,(H2,35,36,39)(H2,38,40,43)/b6-5-. The molecule has 2 atom stereocenters. The van der Waals surface area contributed by atoms with E-state index in [1.165, 1.54) is 12.1 Å². The zero-order valence-corrected chi connectivity index (χ0v) is 22.6. The number of aromatic nitrogens is 4. The van der Waals surface area contributed by atoms with Gasteiger partial charge in [0.2, 0.25) is 0 Å². The lowest BCUT2D eigenvalue weighted by atomic mass is 9.85. The van der Waals surface area contributed by atoms with Crippen molar-refractivity contribution in [2.45, 2.75) is 44.1 Å². The third kappa shape index (κ3) is 7.48. The van der Waals surface area contributed by atoms with Crippen LogP contribution in [0.4, 0.5) is 42.2 Å². The summed E-state index contributed by atoms with van der Waals surface area (Å²) in [6.07, 6.45) is -2.08. The molecule has 43 heavy (non-hydrogen) atoms. The number of rotatable bonds is 8. The molecule has 1 saturated carbocycles. The second-order valence-corrected chi connectivity index (χ2v) is 10.2. The number of benzene rings is 1. The molecule has 4 N–H and O–H groups in total. The highest BCUT2D eigenvalue weighted by atomic mass is 19.4. The summed E-state index contributed by atoms with van der Waals surface area (Å²) in [4.78, 5) is 32.3. The topological polar surface area (TPSA) is 130 Å². The number of nitrogen functional groups attached to an aromatic ring is 1. The lowest BCUT2D eigenvalue weighted by molar-refractivity contribution is -0.138. The van der Waals surface area contributed by atoms with Crippen LogP contribution < -0.4 is 16.6 Å². The maximum Gasteiger partial charge on any atom is 0.423 e. The third-order valence-corrected chi connectivity index (χ3v) is 7.00. The van der Waals surface area contributed by atoms with E-state index in [0.29, 0.717) is 31.9 Å². The summed E-state index contributed by atoms with van der Waals surface area (Å²) in [7, 11) is 1.74. The Bertz CT molecular complexity index is 1570. The Labute approximate surface area is 240 Å². The summed E-state index contributed by atoms with van der Waals surface area (Å²) in [6.45, 7) is 0.484. The summed E-state index contributed by atoms with van der Waals surface area (Å²) in [5.74, 6) is -2.15. The lowest BCUT2D eigenvalue weighted by Crippen LogP contribution is -2.34. The fraction of sp³-hybridized carbons (Fsp3) is 0.370. The van der Waals surface area contributed by atoms with Crippen molar-refractivity contribution < 1.29 is 35.5 Å². The van der Waals surface area contributed by atoms with E-state index in [1.54, 1.807) is 23.2 Å². The molecule has 0 saturated heterocycles. The van der Waals surface area contributed by atoms with E-state index in [0.717, 1.165) is 25.1 Å². The number of nitrogens with one attached hydrogen (secondary N) is 2. The number of carbonyl (C=O) groups excluding carboxylic acids is 1. The molecule has 1 aromatic carbocycles. The quantitative estimate of drug-likeness (QED) is 0.228. The summed E-state index contributed by atoms with van der Waals surface area (Å²) >= 11 is 0. The van der Waals surface area contributed by atoms with Crippen molar-refractivity contribution in [3.05, 3.63) is 69.2 Å². The number of hydrogen-bond donors (Lipinski definition) is 3. The number of aldehydes is 1. The molecule has 9 nitrogen and oxygen atoms in total. The van der Waals surface area contributed by atoms with Gasteiger partial charge in [0.1, 0.15) is 22.8 Å². The molecule has 0 radical (unpaired) electrons. The van der Waals surface area contributed by atoms with Gasteiger partial charge in [0, 0.05) is 31.4 Å². The number of alkyl halides is 6. The predicted molar refractivity (Wildman–Crippen MR) is 143 cm³/mol. The summed E-state index contributed by atoms with van der Waals surface area (Å²) in [6, 6.07) is 1.80. The maximum atomic E-state index is 14.8. The Kier molecular flexibility index (Phi) is 9.06. The van der Waals surface area contributed by atoms with Gasteiger partial charge in [-0.2, -0.15) is 31.4 Å². The smallest absolute Gasteiger partial charge is 0.383 e.